The van der Waals surface area contributed by atoms with E-state index in [2.05, 4.69) is 9.88 Å². The first-order valence-corrected chi connectivity index (χ1v) is 16.4. The van der Waals surface area contributed by atoms with Crippen molar-refractivity contribution >= 4 is 74.7 Å². The van der Waals surface area contributed by atoms with Gasteiger partial charge in [-0.05, 0) is 66.6 Å². The van der Waals surface area contributed by atoms with Crippen molar-refractivity contribution in [3.63, 3.8) is 0 Å². The van der Waals surface area contributed by atoms with Crippen LogP contribution in [0.4, 0.5) is 5.69 Å². The molecule has 4 aromatic carbocycles. The third-order valence-corrected chi connectivity index (χ3v) is 9.77. The second-order valence-corrected chi connectivity index (χ2v) is 13.2. The van der Waals surface area contributed by atoms with Gasteiger partial charge in [-0.25, -0.2) is 4.99 Å². The number of fused-ring (bicyclic) bond motifs is 2. The number of rotatable bonds is 6. The van der Waals surface area contributed by atoms with Crippen LogP contribution in [0, 0.1) is 0 Å². The van der Waals surface area contributed by atoms with Crippen LogP contribution in [0.5, 0.6) is 0 Å². The van der Waals surface area contributed by atoms with Crippen LogP contribution in [-0.4, -0.2) is 15.0 Å². The molecule has 3 heterocycles. The zero-order valence-electron chi connectivity index (χ0n) is 24.4. The zero-order chi connectivity index (χ0) is 31.9. The topological polar surface area (TPSA) is 68.4 Å². The summed E-state index contributed by atoms with van der Waals surface area (Å²) in [5.41, 5.74) is 4.90. The van der Waals surface area contributed by atoms with E-state index in [1.165, 1.54) is 11.3 Å². The number of allylic oxidation sites excluding steroid dienone is 1. The van der Waals surface area contributed by atoms with E-state index in [1.807, 2.05) is 91.1 Å². The summed E-state index contributed by atoms with van der Waals surface area (Å²) in [5.74, 6) is -0.328. The smallest absolute Gasteiger partial charge is 0.271 e. The van der Waals surface area contributed by atoms with Gasteiger partial charge in [0.2, 0.25) is 0 Å². The van der Waals surface area contributed by atoms with Crippen molar-refractivity contribution in [3.05, 3.63) is 166 Å². The molecular weight excluding hydrogens is 659 g/mol. The van der Waals surface area contributed by atoms with Gasteiger partial charge in [-0.3, -0.25) is 14.2 Å². The Bertz CT molecular complexity index is 2360. The molecular formula is C36H25Cl3N4O2S. The molecule has 1 aliphatic rings. The second-order valence-electron chi connectivity index (χ2n) is 10.9. The number of para-hydroxylation sites is 2. The molecule has 1 aliphatic heterocycles. The Morgan fingerprint density at radius 1 is 0.935 bits per heavy atom. The Labute approximate surface area is 283 Å². The van der Waals surface area contributed by atoms with Crippen molar-refractivity contribution in [1.29, 1.82) is 0 Å². The molecule has 0 bridgehead atoms. The van der Waals surface area contributed by atoms with Gasteiger partial charge in [0.15, 0.2) is 4.80 Å². The lowest BCUT2D eigenvalue weighted by atomic mass is 9.95. The first-order chi connectivity index (χ1) is 22.3. The lowest BCUT2D eigenvalue weighted by Crippen LogP contribution is -2.40. The standard InChI is InChI=1S/C36H25Cl3N4O2S/c1-21-32(34(44)41-27-7-3-2-4-8-27)33(22-11-14-25(37)15-12-22)43-35(45)31(46-36(43)40-21)17-24-20-42(30-10-6-5-9-28(24)30)19-23-13-16-26(38)18-29(23)39/h2-18,20,33H,19H2,1H3,(H,41,44)/b31-17+. The van der Waals surface area contributed by atoms with Crippen LogP contribution < -0.4 is 20.2 Å². The molecule has 46 heavy (non-hydrogen) atoms. The summed E-state index contributed by atoms with van der Waals surface area (Å²) in [7, 11) is 0. The summed E-state index contributed by atoms with van der Waals surface area (Å²) in [5, 5.41) is 5.70. The molecule has 2 aromatic heterocycles. The fraction of sp³-hybridized carbons (Fsp3) is 0.0833. The molecule has 0 radical (unpaired) electrons. The van der Waals surface area contributed by atoms with E-state index in [4.69, 9.17) is 39.8 Å². The summed E-state index contributed by atoms with van der Waals surface area (Å²) in [6.07, 6.45) is 3.92. The summed E-state index contributed by atoms with van der Waals surface area (Å²) in [4.78, 5) is 33.4. The van der Waals surface area contributed by atoms with E-state index in [-0.39, 0.29) is 11.5 Å². The monoisotopic (exact) mass is 682 g/mol. The third kappa shape index (κ3) is 5.72. The molecule has 6 nitrogen and oxygen atoms in total. The van der Waals surface area contributed by atoms with E-state index in [0.29, 0.717) is 47.9 Å². The highest BCUT2D eigenvalue weighted by Crippen LogP contribution is 2.32. The minimum Gasteiger partial charge on any atom is -0.342 e. The van der Waals surface area contributed by atoms with Crippen molar-refractivity contribution in [3.8, 4) is 0 Å². The molecule has 1 N–H and O–H groups in total. The summed E-state index contributed by atoms with van der Waals surface area (Å²) in [6, 6.07) is 29.2. The van der Waals surface area contributed by atoms with Gasteiger partial charge in [-0.1, -0.05) is 101 Å². The minimum atomic E-state index is -0.701. The number of hydrogen-bond acceptors (Lipinski definition) is 4. The fourth-order valence-electron chi connectivity index (χ4n) is 5.79. The van der Waals surface area contributed by atoms with E-state index in [0.717, 1.165) is 27.6 Å². The molecule has 228 valence electrons. The number of nitrogens with one attached hydrogen (secondary N) is 1. The average Bonchev–Trinajstić information content (AvgIpc) is 3.54. The largest absolute Gasteiger partial charge is 0.342 e. The van der Waals surface area contributed by atoms with Crippen LogP contribution in [-0.2, 0) is 11.3 Å². The van der Waals surface area contributed by atoms with Crippen molar-refractivity contribution in [2.75, 3.05) is 5.32 Å². The van der Waals surface area contributed by atoms with Gasteiger partial charge in [-0.2, -0.15) is 0 Å². The van der Waals surface area contributed by atoms with Crippen molar-refractivity contribution in [2.45, 2.75) is 19.5 Å². The zero-order valence-corrected chi connectivity index (χ0v) is 27.5. The number of thiazole rings is 1. The Balaban J connectivity index is 1.35. The van der Waals surface area contributed by atoms with E-state index in [1.54, 1.807) is 29.7 Å². The molecule has 0 aliphatic carbocycles. The number of hydrogen-bond donors (Lipinski definition) is 1. The number of benzene rings is 4. The number of anilines is 1. The average molecular weight is 684 g/mol. The molecule has 7 rings (SSSR count). The molecule has 1 atom stereocenters. The van der Waals surface area contributed by atoms with Gasteiger partial charge in [0, 0.05) is 50.0 Å². The lowest BCUT2D eigenvalue weighted by molar-refractivity contribution is -0.113. The highest BCUT2D eigenvalue weighted by atomic mass is 35.5. The van der Waals surface area contributed by atoms with Crippen LogP contribution in [0.2, 0.25) is 15.1 Å². The maximum Gasteiger partial charge on any atom is 0.271 e. The number of halogens is 3. The quantitative estimate of drug-likeness (QED) is 0.194. The number of nitrogens with zero attached hydrogens (tertiary/aromatic N) is 3. The van der Waals surface area contributed by atoms with Crippen LogP contribution in [0.3, 0.4) is 0 Å². The van der Waals surface area contributed by atoms with Gasteiger partial charge in [-0.15, -0.1) is 0 Å². The predicted octanol–water partition coefficient (Wildman–Crippen LogP) is 7.84. The molecule has 10 heteroatoms. The molecule has 0 spiro atoms. The Morgan fingerprint density at radius 3 is 2.41 bits per heavy atom. The van der Waals surface area contributed by atoms with Crippen LogP contribution in [0.1, 0.15) is 29.7 Å². The van der Waals surface area contributed by atoms with Gasteiger partial charge >= 0.3 is 0 Å². The van der Waals surface area contributed by atoms with Crippen LogP contribution in [0.25, 0.3) is 17.0 Å². The highest BCUT2D eigenvalue weighted by Gasteiger charge is 2.32. The molecule has 0 fully saturated rings. The predicted molar refractivity (Wildman–Crippen MR) is 188 cm³/mol. The van der Waals surface area contributed by atoms with Crippen molar-refractivity contribution < 1.29 is 4.79 Å². The van der Waals surface area contributed by atoms with Gasteiger partial charge in [0.25, 0.3) is 11.5 Å². The molecule has 1 amide bonds. The normalized spacial score (nSPS) is 14.8. The maximum absolute atomic E-state index is 14.3. The van der Waals surface area contributed by atoms with Gasteiger partial charge < -0.3 is 9.88 Å². The van der Waals surface area contributed by atoms with E-state index < -0.39 is 6.04 Å². The fourth-order valence-corrected chi connectivity index (χ4v) is 7.42. The summed E-state index contributed by atoms with van der Waals surface area (Å²) < 4.78 is 4.22. The molecule has 0 saturated heterocycles. The third-order valence-electron chi connectivity index (χ3n) is 7.95. The Kier molecular flexibility index (Phi) is 8.17. The van der Waals surface area contributed by atoms with E-state index in [9.17, 15) is 9.59 Å². The number of carbonyl (C=O) groups excluding carboxylic acids is 1. The van der Waals surface area contributed by atoms with Crippen LogP contribution >= 0.6 is 46.1 Å². The lowest BCUT2D eigenvalue weighted by Gasteiger charge is -2.25. The van der Waals surface area contributed by atoms with Crippen molar-refractivity contribution in [1.82, 2.24) is 9.13 Å². The number of amides is 1. The molecule has 6 aromatic rings. The SMILES string of the molecule is CC1=C(C(=O)Nc2ccccc2)C(c2ccc(Cl)cc2)n2c(s/c(=C/c3cn(Cc4ccc(Cl)cc4Cl)c4ccccc34)c2=O)=N1. The first-order valence-electron chi connectivity index (χ1n) is 14.4. The second kappa shape index (κ2) is 12.4. The Morgan fingerprint density at radius 2 is 1.65 bits per heavy atom. The highest BCUT2D eigenvalue weighted by molar-refractivity contribution is 7.07. The van der Waals surface area contributed by atoms with Gasteiger partial charge in [0.1, 0.15) is 0 Å². The minimum absolute atomic E-state index is 0.237. The first kappa shape index (κ1) is 30.3. The number of carbonyl (C=O) groups is 1. The van der Waals surface area contributed by atoms with E-state index >= 15 is 0 Å². The number of aromatic nitrogens is 2. The Hall–Kier alpha value is -4.40. The molecule has 1 unspecified atom stereocenters. The van der Waals surface area contributed by atoms with Gasteiger partial charge in [0.05, 0.1) is 21.8 Å². The summed E-state index contributed by atoms with van der Waals surface area (Å²) >= 11 is 20.2. The molecule has 0 saturated carbocycles. The van der Waals surface area contributed by atoms with Crippen molar-refractivity contribution in [2.24, 2.45) is 4.99 Å². The maximum atomic E-state index is 14.3. The van der Waals surface area contributed by atoms with Crippen LogP contribution in [0.15, 0.2) is 124 Å². The summed E-state index contributed by atoms with van der Waals surface area (Å²) in [6.45, 7) is 2.33.